The van der Waals surface area contributed by atoms with E-state index in [2.05, 4.69) is 18.2 Å². The van der Waals surface area contributed by atoms with Crippen molar-refractivity contribution >= 4 is 12.4 Å². The molecule has 4 aliphatic carbocycles. The fraction of sp³-hybridized carbons (Fsp3) is 0.632. The average molecular weight is 282 g/mol. The molecule has 0 saturated heterocycles. The first-order chi connectivity index (χ1) is 10.3. The van der Waals surface area contributed by atoms with Crippen LogP contribution in [0.5, 0.6) is 0 Å². The molecule has 1 spiro atoms. The number of fused-ring (bicyclic) bond motifs is 5. The van der Waals surface area contributed by atoms with Crippen LogP contribution in [0.15, 0.2) is 22.8 Å². The summed E-state index contributed by atoms with van der Waals surface area (Å²) in [6.45, 7) is 0. The molecule has 1 heterocycles. The molecule has 5 rings (SSSR count). The van der Waals surface area contributed by atoms with Crippen molar-refractivity contribution in [3.63, 3.8) is 0 Å². The van der Waals surface area contributed by atoms with Gasteiger partial charge in [-0.25, -0.2) is 0 Å². The molecule has 2 heteroatoms. The van der Waals surface area contributed by atoms with Gasteiger partial charge in [0.2, 0.25) is 0 Å². The van der Waals surface area contributed by atoms with E-state index in [0.717, 1.165) is 11.7 Å². The summed E-state index contributed by atoms with van der Waals surface area (Å²) in [7, 11) is 0. The second kappa shape index (κ2) is 4.12. The monoisotopic (exact) mass is 282 g/mol. The summed E-state index contributed by atoms with van der Waals surface area (Å²) < 4.78 is 5.60. The average Bonchev–Trinajstić information content (AvgIpc) is 3.09. The second-order valence-electron chi connectivity index (χ2n) is 7.84. The summed E-state index contributed by atoms with van der Waals surface area (Å²) in [4.78, 5) is 11.4. The van der Waals surface area contributed by atoms with Crippen molar-refractivity contribution in [2.45, 2.75) is 44.4 Å². The predicted octanol–water partition coefficient (Wildman–Crippen LogP) is 4.42. The molecule has 0 aromatic carbocycles. The van der Waals surface area contributed by atoms with Crippen LogP contribution in [-0.2, 0) is 4.79 Å². The molecule has 6 atom stereocenters. The molecule has 2 bridgehead atoms. The van der Waals surface area contributed by atoms with Crippen molar-refractivity contribution in [3.05, 3.63) is 29.7 Å². The van der Waals surface area contributed by atoms with Gasteiger partial charge in [-0.05, 0) is 79.8 Å². The highest BCUT2D eigenvalue weighted by atomic mass is 16.3. The third-order valence-electron chi connectivity index (χ3n) is 7.21. The van der Waals surface area contributed by atoms with E-state index in [1.807, 2.05) is 6.26 Å². The van der Waals surface area contributed by atoms with Gasteiger partial charge in [-0.1, -0.05) is 6.08 Å². The highest BCUT2D eigenvalue weighted by Gasteiger charge is 2.57. The van der Waals surface area contributed by atoms with E-state index in [1.165, 1.54) is 50.4 Å². The van der Waals surface area contributed by atoms with Gasteiger partial charge >= 0.3 is 0 Å². The van der Waals surface area contributed by atoms with Crippen LogP contribution in [0.2, 0.25) is 0 Å². The summed E-state index contributed by atoms with van der Waals surface area (Å²) in [6, 6.07) is 2.18. The number of carbonyl (C=O) groups excluding carboxylic acids is 1. The Labute approximate surface area is 125 Å². The van der Waals surface area contributed by atoms with Gasteiger partial charge in [0, 0.05) is 11.5 Å². The number of aldehydes is 1. The van der Waals surface area contributed by atoms with E-state index < -0.39 is 0 Å². The van der Waals surface area contributed by atoms with Gasteiger partial charge in [0.15, 0.2) is 0 Å². The molecule has 2 nitrogen and oxygen atoms in total. The van der Waals surface area contributed by atoms with Gasteiger partial charge < -0.3 is 9.21 Å². The van der Waals surface area contributed by atoms with Crippen molar-refractivity contribution in [1.29, 1.82) is 0 Å². The maximum atomic E-state index is 11.4. The molecule has 4 unspecified atom stereocenters. The van der Waals surface area contributed by atoms with E-state index in [1.54, 1.807) is 0 Å². The van der Waals surface area contributed by atoms with Crippen molar-refractivity contribution < 1.29 is 9.21 Å². The molecule has 0 aliphatic heterocycles. The number of furan rings is 1. The van der Waals surface area contributed by atoms with Gasteiger partial charge in [0.25, 0.3) is 0 Å². The summed E-state index contributed by atoms with van der Waals surface area (Å²) in [6.07, 6.45) is 15.4. The van der Waals surface area contributed by atoms with Crippen LogP contribution in [-0.4, -0.2) is 6.29 Å². The smallest absolute Gasteiger partial charge is 0.129 e. The maximum Gasteiger partial charge on any atom is 0.129 e. The Bertz CT molecular complexity index is 613. The normalized spacial score (nSPS) is 46.6. The van der Waals surface area contributed by atoms with Crippen molar-refractivity contribution in [1.82, 2.24) is 0 Å². The topological polar surface area (TPSA) is 30.2 Å². The minimum absolute atomic E-state index is 0.351. The number of allylic oxidation sites excluding steroid dienone is 1. The molecule has 0 amide bonds. The Morgan fingerprint density at radius 2 is 2.19 bits per heavy atom. The van der Waals surface area contributed by atoms with Crippen LogP contribution < -0.4 is 0 Å². The molecule has 1 aromatic rings. The molecular weight excluding hydrogens is 260 g/mol. The standard InChI is InChI=1S/C19H22O2/c20-11-13-10-19-7-5-14-15(17(19)3-1-12(13)9-19)2-4-18-16(14)6-8-21-18/h2,4,6,8,11-15,17H,1,3,5,7,9-10H2/t12-,13?,14?,15?,17?,19+/m1/s1. The number of hydrogen-bond acceptors (Lipinski definition) is 2. The first-order valence-corrected chi connectivity index (χ1v) is 8.52. The van der Waals surface area contributed by atoms with E-state index >= 15 is 0 Å². The van der Waals surface area contributed by atoms with Crippen LogP contribution in [0.1, 0.15) is 55.8 Å². The number of rotatable bonds is 1. The molecule has 3 fully saturated rings. The first-order valence-electron chi connectivity index (χ1n) is 8.52. The largest absolute Gasteiger partial charge is 0.465 e. The van der Waals surface area contributed by atoms with Gasteiger partial charge in [-0.15, -0.1) is 0 Å². The number of hydrogen-bond donors (Lipinski definition) is 0. The molecule has 110 valence electrons. The van der Waals surface area contributed by atoms with E-state index in [0.29, 0.717) is 29.1 Å². The fourth-order valence-electron chi connectivity index (χ4n) is 6.38. The van der Waals surface area contributed by atoms with E-state index in [-0.39, 0.29) is 0 Å². The lowest BCUT2D eigenvalue weighted by atomic mass is 9.52. The Morgan fingerprint density at radius 1 is 1.24 bits per heavy atom. The van der Waals surface area contributed by atoms with Crippen LogP contribution in [0.25, 0.3) is 6.08 Å². The zero-order chi connectivity index (χ0) is 14.0. The Morgan fingerprint density at radius 3 is 3.10 bits per heavy atom. The van der Waals surface area contributed by atoms with E-state index in [9.17, 15) is 4.79 Å². The SMILES string of the molecule is O=CC1C[C@@]23CCC4c5ccoc5C=CC4C2CC[C@@H]1C3. The Balaban J connectivity index is 1.53. The molecule has 21 heavy (non-hydrogen) atoms. The summed E-state index contributed by atoms with van der Waals surface area (Å²) in [5.41, 5.74) is 1.91. The minimum atomic E-state index is 0.351. The molecule has 4 aliphatic rings. The van der Waals surface area contributed by atoms with Crippen LogP contribution in [0.4, 0.5) is 0 Å². The lowest BCUT2D eigenvalue weighted by molar-refractivity contribution is -0.112. The van der Waals surface area contributed by atoms with Gasteiger partial charge in [-0.3, -0.25) is 0 Å². The Kier molecular flexibility index (Phi) is 2.40. The summed E-state index contributed by atoms with van der Waals surface area (Å²) in [5, 5.41) is 0. The van der Waals surface area contributed by atoms with Crippen molar-refractivity contribution in [2.24, 2.45) is 29.1 Å². The summed E-state index contributed by atoms with van der Waals surface area (Å²) in [5.74, 6) is 4.24. The molecule has 1 aromatic heterocycles. The van der Waals surface area contributed by atoms with Crippen LogP contribution in [0, 0.1) is 29.1 Å². The lowest BCUT2D eigenvalue weighted by Gasteiger charge is -2.52. The fourth-order valence-corrected chi connectivity index (χ4v) is 6.38. The molecule has 0 radical (unpaired) electrons. The zero-order valence-electron chi connectivity index (χ0n) is 12.3. The lowest BCUT2D eigenvalue weighted by Crippen LogP contribution is -2.43. The van der Waals surface area contributed by atoms with Gasteiger partial charge in [0.05, 0.1) is 6.26 Å². The van der Waals surface area contributed by atoms with Gasteiger partial charge in [0.1, 0.15) is 12.0 Å². The predicted molar refractivity (Wildman–Crippen MR) is 80.6 cm³/mol. The molecular formula is C19H22O2. The van der Waals surface area contributed by atoms with Crippen LogP contribution >= 0.6 is 0 Å². The van der Waals surface area contributed by atoms with Crippen molar-refractivity contribution in [3.8, 4) is 0 Å². The second-order valence-corrected chi connectivity index (χ2v) is 7.84. The molecule has 3 saturated carbocycles. The maximum absolute atomic E-state index is 11.4. The highest BCUT2D eigenvalue weighted by molar-refractivity contribution is 5.56. The third-order valence-corrected chi connectivity index (χ3v) is 7.21. The third kappa shape index (κ3) is 1.51. The molecule has 0 N–H and O–H groups in total. The van der Waals surface area contributed by atoms with E-state index in [4.69, 9.17) is 4.42 Å². The van der Waals surface area contributed by atoms with Crippen LogP contribution in [0.3, 0.4) is 0 Å². The highest BCUT2D eigenvalue weighted by Crippen LogP contribution is 2.66. The first kappa shape index (κ1) is 12.3. The quantitative estimate of drug-likeness (QED) is 0.714. The number of carbonyl (C=O) groups is 1. The van der Waals surface area contributed by atoms with Gasteiger partial charge in [-0.2, -0.15) is 0 Å². The Hall–Kier alpha value is -1.31. The zero-order valence-corrected chi connectivity index (χ0v) is 12.3. The summed E-state index contributed by atoms with van der Waals surface area (Å²) >= 11 is 0. The van der Waals surface area contributed by atoms with Crippen molar-refractivity contribution in [2.75, 3.05) is 0 Å². The minimum Gasteiger partial charge on any atom is -0.465 e.